The van der Waals surface area contributed by atoms with Gasteiger partial charge in [0.25, 0.3) is 0 Å². The Balaban J connectivity index is 1.91. The average Bonchev–Trinajstić information content (AvgIpc) is 2.58. The molecule has 0 radical (unpaired) electrons. The first kappa shape index (κ1) is 19.9. The van der Waals surface area contributed by atoms with Crippen LogP contribution in [0.1, 0.15) is 24.0 Å². The van der Waals surface area contributed by atoms with E-state index in [2.05, 4.69) is 5.32 Å². The van der Waals surface area contributed by atoms with Crippen LogP contribution in [0, 0.1) is 12.7 Å². The highest BCUT2D eigenvalue weighted by atomic mass is 32.2. The minimum absolute atomic E-state index is 0.00433. The van der Waals surface area contributed by atoms with Gasteiger partial charge in [-0.05, 0) is 36.6 Å². The molecule has 0 heterocycles. The van der Waals surface area contributed by atoms with Crippen molar-refractivity contribution in [1.29, 1.82) is 0 Å². The molecule has 2 aromatic carbocycles. The van der Waals surface area contributed by atoms with Gasteiger partial charge in [0, 0.05) is 19.5 Å². The monoisotopic (exact) mass is 378 g/mol. The van der Waals surface area contributed by atoms with E-state index in [1.807, 2.05) is 31.2 Å². The number of carbonyl (C=O) groups is 1. The number of amides is 1. The number of rotatable bonds is 8. The van der Waals surface area contributed by atoms with Gasteiger partial charge in [-0.15, -0.1) is 0 Å². The molecule has 26 heavy (non-hydrogen) atoms. The van der Waals surface area contributed by atoms with Crippen molar-refractivity contribution in [3.05, 3.63) is 65.5 Å². The summed E-state index contributed by atoms with van der Waals surface area (Å²) >= 11 is 0. The Morgan fingerprint density at radius 3 is 2.42 bits per heavy atom. The molecule has 1 N–H and O–H groups in total. The van der Waals surface area contributed by atoms with Gasteiger partial charge < -0.3 is 5.32 Å². The van der Waals surface area contributed by atoms with Crippen LogP contribution in [0.4, 0.5) is 10.1 Å². The Morgan fingerprint density at radius 2 is 1.77 bits per heavy atom. The highest BCUT2D eigenvalue weighted by molar-refractivity contribution is 7.92. The maximum Gasteiger partial charge on any atom is 0.232 e. The molecule has 0 atom stereocenters. The van der Waals surface area contributed by atoms with Crippen LogP contribution < -0.4 is 9.62 Å². The lowest BCUT2D eigenvalue weighted by molar-refractivity contribution is -0.121. The summed E-state index contributed by atoms with van der Waals surface area (Å²) in [7, 11) is -3.64. The van der Waals surface area contributed by atoms with Crippen molar-refractivity contribution in [3.63, 3.8) is 0 Å². The molecule has 2 rings (SSSR count). The second kappa shape index (κ2) is 8.80. The van der Waals surface area contributed by atoms with E-state index in [1.54, 1.807) is 6.07 Å². The Bertz CT molecular complexity index is 869. The van der Waals surface area contributed by atoms with Gasteiger partial charge in [-0.25, -0.2) is 12.8 Å². The standard InChI is InChI=1S/C19H23FN2O3S/c1-15-8-3-4-9-16(15)14-21-19(23)12-7-13-22(26(2,24)25)18-11-6-5-10-17(18)20/h3-6,8-11H,7,12-14H2,1-2H3,(H,21,23). The molecule has 2 aromatic rings. The number of nitrogens with zero attached hydrogens (tertiary/aromatic N) is 1. The van der Waals surface area contributed by atoms with Crippen molar-refractivity contribution < 1.29 is 17.6 Å². The summed E-state index contributed by atoms with van der Waals surface area (Å²) < 4.78 is 38.8. The first-order valence-corrected chi connectivity index (χ1v) is 10.2. The fourth-order valence-corrected chi connectivity index (χ4v) is 3.56. The van der Waals surface area contributed by atoms with Crippen LogP contribution in [0.5, 0.6) is 0 Å². The van der Waals surface area contributed by atoms with Crippen molar-refractivity contribution in [2.24, 2.45) is 0 Å². The number of carbonyl (C=O) groups excluding carboxylic acids is 1. The molecule has 0 bridgehead atoms. The number of para-hydroxylation sites is 1. The van der Waals surface area contributed by atoms with Crippen molar-refractivity contribution in [1.82, 2.24) is 5.32 Å². The highest BCUT2D eigenvalue weighted by Gasteiger charge is 2.20. The molecule has 0 unspecified atom stereocenters. The van der Waals surface area contributed by atoms with Crippen LogP contribution in [-0.4, -0.2) is 27.1 Å². The number of hydrogen-bond donors (Lipinski definition) is 1. The van der Waals surface area contributed by atoms with Crippen molar-refractivity contribution in [2.75, 3.05) is 17.1 Å². The van der Waals surface area contributed by atoms with E-state index in [1.165, 1.54) is 18.2 Å². The van der Waals surface area contributed by atoms with Crippen LogP contribution in [0.25, 0.3) is 0 Å². The average molecular weight is 378 g/mol. The number of hydrogen-bond acceptors (Lipinski definition) is 3. The summed E-state index contributed by atoms with van der Waals surface area (Å²) in [4.78, 5) is 12.0. The quantitative estimate of drug-likeness (QED) is 0.768. The molecule has 0 aromatic heterocycles. The summed E-state index contributed by atoms with van der Waals surface area (Å²) in [6.45, 7) is 2.44. The van der Waals surface area contributed by atoms with Crippen LogP contribution >= 0.6 is 0 Å². The van der Waals surface area contributed by atoms with E-state index in [4.69, 9.17) is 0 Å². The van der Waals surface area contributed by atoms with Gasteiger partial charge in [0.1, 0.15) is 5.82 Å². The number of halogens is 1. The molecule has 0 saturated carbocycles. The van der Waals surface area contributed by atoms with E-state index in [0.29, 0.717) is 13.0 Å². The Morgan fingerprint density at radius 1 is 1.12 bits per heavy atom. The van der Waals surface area contributed by atoms with Crippen molar-refractivity contribution >= 4 is 21.6 Å². The molecule has 1 amide bonds. The summed E-state index contributed by atoms with van der Waals surface area (Å²) in [5.41, 5.74) is 2.12. The van der Waals surface area contributed by atoms with Crippen LogP contribution in [0.2, 0.25) is 0 Å². The Hall–Kier alpha value is -2.41. The third kappa shape index (κ3) is 5.56. The molecule has 0 spiro atoms. The fraction of sp³-hybridized carbons (Fsp3) is 0.316. The Kier molecular flexibility index (Phi) is 6.74. The minimum atomic E-state index is -3.64. The lowest BCUT2D eigenvalue weighted by atomic mass is 10.1. The molecule has 0 aliphatic heterocycles. The summed E-state index contributed by atoms with van der Waals surface area (Å²) in [6.07, 6.45) is 1.48. The van der Waals surface area contributed by atoms with Gasteiger partial charge in [0.15, 0.2) is 0 Å². The number of sulfonamides is 1. The lowest BCUT2D eigenvalue weighted by Gasteiger charge is -2.22. The summed E-state index contributed by atoms with van der Waals surface area (Å²) in [5.74, 6) is -0.780. The maximum atomic E-state index is 13.9. The Labute approximate surface area is 153 Å². The van der Waals surface area contributed by atoms with Gasteiger partial charge in [-0.3, -0.25) is 9.10 Å². The first-order valence-electron chi connectivity index (χ1n) is 8.32. The predicted molar refractivity (Wildman–Crippen MR) is 101 cm³/mol. The molecule has 140 valence electrons. The van der Waals surface area contributed by atoms with E-state index in [0.717, 1.165) is 21.7 Å². The lowest BCUT2D eigenvalue weighted by Crippen LogP contribution is -2.32. The largest absolute Gasteiger partial charge is 0.352 e. The zero-order chi connectivity index (χ0) is 19.2. The van der Waals surface area contributed by atoms with E-state index in [9.17, 15) is 17.6 Å². The molecule has 0 aliphatic rings. The molecule has 5 nitrogen and oxygen atoms in total. The third-order valence-electron chi connectivity index (χ3n) is 4.02. The maximum absolute atomic E-state index is 13.9. The zero-order valence-electron chi connectivity index (χ0n) is 14.9. The van der Waals surface area contributed by atoms with E-state index in [-0.39, 0.29) is 24.6 Å². The fourth-order valence-electron chi connectivity index (χ4n) is 2.59. The molecule has 0 aliphatic carbocycles. The second-order valence-corrected chi connectivity index (χ2v) is 8.00. The number of nitrogens with one attached hydrogen (secondary N) is 1. The van der Waals surface area contributed by atoms with Gasteiger partial charge in [-0.2, -0.15) is 0 Å². The van der Waals surface area contributed by atoms with Gasteiger partial charge >= 0.3 is 0 Å². The molecule has 0 saturated heterocycles. The minimum Gasteiger partial charge on any atom is -0.352 e. The van der Waals surface area contributed by atoms with E-state index >= 15 is 0 Å². The topological polar surface area (TPSA) is 66.5 Å². The SMILES string of the molecule is Cc1ccccc1CNC(=O)CCCN(c1ccccc1F)S(C)(=O)=O. The molecular formula is C19H23FN2O3S. The molecule has 0 fully saturated rings. The van der Waals surface area contributed by atoms with Gasteiger partial charge in [-0.1, -0.05) is 36.4 Å². The first-order chi connectivity index (χ1) is 12.3. The molecular weight excluding hydrogens is 355 g/mol. The predicted octanol–water partition coefficient (Wildman–Crippen LogP) is 3.00. The number of aryl methyl sites for hydroxylation is 1. The summed E-state index contributed by atoms with van der Waals surface area (Å²) in [6, 6.07) is 13.5. The third-order valence-corrected chi connectivity index (χ3v) is 5.20. The zero-order valence-corrected chi connectivity index (χ0v) is 15.7. The van der Waals surface area contributed by atoms with E-state index < -0.39 is 15.8 Å². The van der Waals surface area contributed by atoms with Crippen LogP contribution in [-0.2, 0) is 21.4 Å². The van der Waals surface area contributed by atoms with Crippen molar-refractivity contribution in [3.8, 4) is 0 Å². The number of benzene rings is 2. The normalized spacial score (nSPS) is 11.2. The number of anilines is 1. The highest BCUT2D eigenvalue weighted by Crippen LogP contribution is 2.21. The van der Waals surface area contributed by atoms with Gasteiger partial charge in [0.05, 0.1) is 11.9 Å². The van der Waals surface area contributed by atoms with Crippen LogP contribution in [0.3, 0.4) is 0 Å². The van der Waals surface area contributed by atoms with Crippen LogP contribution in [0.15, 0.2) is 48.5 Å². The van der Waals surface area contributed by atoms with Crippen molar-refractivity contribution in [2.45, 2.75) is 26.3 Å². The second-order valence-electron chi connectivity index (χ2n) is 6.09. The molecule has 7 heteroatoms. The summed E-state index contributed by atoms with van der Waals surface area (Å²) in [5, 5.41) is 2.82. The smallest absolute Gasteiger partial charge is 0.232 e. The van der Waals surface area contributed by atoms with Gasteiger partial charge in [0.2, 0.25) is 15.9 Å².